The van der Waals surface area contributed by atoms with E-state index in [-0.39, 0.29) is 0 Å². The second-order valence-electron chi connectivity index (χ2n) is 34.7. The van der Waals surface area contributed by atoms with Crippen LogP contribution in [-0.4, -0.2) is 28.7 Å². The molecule has 624 valence electrons. The number of furan rings is 3. The summed E-state index contributed by atoms with van der Waals surface area (Å²) in [7, 11) is 0. The molecular formula is C125H76N6O3. The van der Waals surface area contributed by atoms with E-state index in [1.165, 1.54) is 70.0 Å². The second-order valence-corrected chi connectivity index (χ2v) is 34.7. The molecule has 0 aliphatic carbocycles. The van der Waals surface area contributed by atoms with Crippen LogP contribution in [0.3, 0.4) is 0 Å². The van der Waals surface area contributed by atoms with Crippen molar-refractivity contribution in [1.82, 2.24) is 28.7 Å². The lowest BCUT2D eigenvalue weighted by Crippen LogP contribution is -1.99. The predicted octanol–water partition coefficient (Wildman–Crippen LogP) is 34.0. The molecule has 0 bridgehead atoms. The van der Waals surface area contributed by atoms with E-state index in [2.05, 4.69) is 438 Å². The summed E-state index contributed by atoms with van der Waals surface area (Å²) in [6, 6.07) is 163. The topological polar surface area (TPSA) is 92.9 Å². The van der Waals surface area contributed by atoms with Gasteiger partial charge in [0.15, 0.2) is 0 Å². The van der Waals surface area contributed by atoms with Gasteiger partial charge in [0.2, 0.25) is 0 Å². The first kappa shape index (κ1) is 76.0. The minimum absolute atomic E-state index is 0.901. The van der Waals surface area contributed by atoms with Crippen LogP contribution in [-0.2, 0) is 0 Å². The highest BCUT2D eigenvalue weighted by Crippen LogP contribution is 2.47. The number of aromatic nitrogens is 6. The van der Waals surface area contributed by atoms with Gasteiger partial charge in [-0.15, -0.1) is 0 Å². The molecule has 29 aromatic rings. The van der Waals surface area contributed by atoms with E-state index in [9.17, 15) is 0 Å². The molecule has 9 nitrogen and oxygen atoms in total. The molecule has 0 atom stereocenters. The Labute approximate surface area is 767 Å². The van der Waals surface area contributed by atoms with Crippen molar-refractivity contribution in [3.8, 4) is 84.6 Å². The molecule has 0 radical (unpaired) electrons. The molecule has 0 N–H and O–H groups in total. The van der Waals surface area contributed by atoms with Gasteiger partial charge in [-0.2, -0.15) is 0 Å². The number of hydrogen-bond acceptors (Lipinski definition) is 6. The van der Waals surface area contributed by atoms with Crippen LogP contribution in [0.5, 0.6) is 0 Å². The fourth-order valence-electron chi connectivity index (χ4n) is 21.0. The molecule has 23 aromatic carbocycles. The van der Waals surface area contributed by atoms with Crippen molar-refractivity contribution >= 4 is 185 Å². The average Bonchev–Trinajstić information content (AvgIpc) is 1.55. The smallest absolute Gasteiger partial charge is 0.146 e. The maximum atomic E-state index is 6.14. The quantitative estimate of drug-likeness (QED) is 0.134. The summed E-state index contributed by atoms with van der Waals surface area (Å²) in [5.41, 5.74) is 25.2. The molecule has 9 heteroatoms. The molecule has 0 saturated carbocycles. The van der Waals surface area contributed by atoms with Crippen molar-refractivity contribution in [3.05, 3.63) is 461 Å². The van der Waals surface area contributed by atoms with Crippen molar-refractivity contribution < 1.29 is 13.3 Å². The summed E-state index contributed by atoms with van der Waals surface area (Å²) >= 11 is 0. The van der Waals surface area contributed by atoms with Gasteiger partial charge < -0.3 is 13.3 Å². The minimum Gasteiger partial charge on any atom is -0.456 e. The van der Waals surface area contributed by atoms with Crippen LogP contribution in [0.2, 0.25) is 0 Å². The molecule has 0 aliphatic heterocycles. The van der Waals surface area contributed by atoms with Gasteiger partial charge in [-0.05, 0) is 184 Å². The van der Waals surface area contributed by atoms with E-state index >= 15 is 0 Å². The summed E-state index contributed by atoms with van der Waals surface area (Å²) in [6.45, 7) is 0. The molecule has 6 aromatic heterocycles. The van der Waals surface area contributed by atoms with E-state index in [1.54, 1.807) is 0 Å². The number of nitrogens with zero attached hydrogens (tertiary/aromatic N) is 6. The van der Waals surface area contributed by atoms with Crippen molar-refractivity contribution in [2.45, 2.75) is 0 Å². The van der Waals surface area contributed by atoms with Crippen molar-refractivity contribution in [2.24, 2.45) is 0 Å². The van der Waals surface area contributed by atoms with Gasteiger partial charge in [0.1, 0.15) is 51.0 Å². The lowest BCUT2D eigenvalue weighted by Gasteiger charge is -2.15. The molecule has 29 rings (SSSR count). The van der Waals surface area contributed by atoms with Crippen LogP contribution in [0.15, 0.2) is 474 Å². The third-order valence-corrected chi connectivity index (χ3v) is 27.1. The normalized spacial score (nSPS) is 11.9. The van der Waals surface area contributed by atoms with Gasteiger partial charge in [-0.25, -0.2) is 15.0 Å². The molecule has 0 spiro atoms. The Morgan fingerprint density at radius 2 is 0.425 bits per heavy atom. The highest BCUT2D eigenvalue weighted by atomic mass is 16.3. The largest absolute Gasteiger partial charge is 0.456 e. The Morgan fingerprint density at radius 3 is 0.843 bits per heavy atom. The van der Waals surface area contributed by atoms with Crippen LogP contribution in [0.4, 0.5) is 0 Å². The lowest BCUT2D eigenvalue weighted by atomic mass is 9.99. The van der Waals surface area contributed by atoms with E-state index in [0.29, 0.717) is 0 Å². The molecule has 0 aliphatic rings. The average molecular weight is 1710 g/mol. The van der Waals surface area contributed by atoms with Crippen LogP contribution >= 0.6 is 0 Å². The summed E-state index contributed by atoms with van der Waals surface area (Å²) in [5, 5.41) is 26.0. The lowest BCUT2D eigenvalue weighted by molar-refractivity contribution is 0.668. The van der Waals surface area contributed by atoms with Crippen molar-refractivity contribution in [2.75, 3.05) is 0 Å². The van der Waals surface area contributed by atoms with E-state index in [1.807, 2.05) is 36.4 Å². The first-order valence-corrected chi connectivity index (χ1v) is 45.5. The molecule has 0 fully saturated rings. The van der Waals surface area contributed by atoms with E-state index in [0.717, 1.165) is 200 Å². The monoisotopic (exact) mass is 1710 g/mol. The zero-order chi connectivity index (χ0) is 88.0. The van der Waals surface area contributed by atoms with Crippen LogP contribution in [0.1, 0.15) is 0 Å². The highest BCUT2D eigenvalue weighted by molar-refractivity contribution is 6.27. The molecule has 0 amide bonds. The Kier molecular flexibility index (Phi) is 17.5. The predicted molar refractivity (Wildman–Crippen MR) is 558 cm³/mol. The Morgan fingerprint density at radius 1 is 0.149 bits per heavy atom. The van der Waals surface area contributed by atoms with Crippen molar-refractivity contribution in [1.29, 1.82) is 0 Å². The van der Waals surface area contributed by atoms with Crippen LogP contribution in [0, 0.1) is 0 Å². The first-order chi connectivity index (χ1) is 66.4. The first-order valence-electron chi connectivity index (χ1n) is 45.5. The van der Waals surface area contributed by atoms with Crippen LogP contribution in [0.25, 0.3) is 270 Å². The third kappa shape index (κ3) is 12.4. The standard InChI is InChI=1S/2C43H26N2O.C39H24N2O/c1-2-15-31-27(11-1)12-10-21-37(31)43-44-41-35-19-5-3-16-32(35)33-17-4-6-20-36(33)42(41)45(43)30-14-9-13-28(25-30)29-23-24-40-38(26-29)34-18-7-8-22-39(34)46-40;1-2-11-28-24-31(21-20-27(28)10-1)43-44-41-36-17-5-3-14-33(36)34-15-4-6-18-37(34)42(41)45(43)32-13-9-12-29(25-32)30-22-23-40-38(26-30)35-16-7-8-19-39(35)46-40;1-2-11-25(12-3-1)39-40-37-32-18-6-4-15-29(32)30-16-5-7-19-33(30)38(37)41(39)28-14-10-13-26(23-28)27-21-22-36-34(24-27)31-17-8-9-20-35(31)42-36/h2*1-26H;1-24H. The third-order valence-electron chi connectivity index (χ3n) is 27.1. The fraction of sp³-hybridized carbons (Fsp3) is 0. The SMILES string of the molecule is c1cc(-c2ccc3oc4ccccc4c3c2)cc(-n2c(-c3ccc4ccccc4c3)nc3c4ccccc4c4ccccc4c32)c1.c1cc(-c2ccc3oc4ccccc4c3c2)cc(-n2c(-c3cccc4ccccc34)nc3c4ccccc4c4ccccc4c32)c1.c1ccc(-c2nc3c4ccccc4c4ccccc4c3n2-c2cccc(-c3ccc4oc5ccccc5c4c3)c2)cc1. The Balaban J connectivity index is 0.000000102. The number of imidazole rings is 3. The van der Waals surface area contributed by atoms with E-state index in [4.69, 9.17) is 28.2 Å². The van der Waals surface area contributed by atoms with Gasteiger partial charge >= 0.3 is 0 Å². The minimum atomic E-state index is 0.901. The van der Waals surface area contributed by atoms with Gasteiger partial charge in [0.05, 0.1) is 33.1 Å². The van der Waals surface area contributed by atoms with Gasteiger partial charge in [-0.3, -0.25) is 13.7 Å². The summed E-state index contributed by atoms with van der Waals surface area (Å²) in [5.74, 6) is 2.79. The number of fused-ring (bicyclic) bond motifs is 29. The molecule has 6 heterocycles. The van der Waals surface area contributed by atoms with Crippen molar-refractivity contribution in [3.63, 3.8) is 0 Å². The summed E-state index contributed by atoms with van der Waals surface area (Å²) in [6.07, 6.45) is 0. The Hall–Kier alpha value is -18.1. The maximum absolute atomic E-state index is 6.14. The fourth-order valence-corrected chi connectivity index (χ4v) is 21.0. The van der Waals surface area contributed by atoms with Gasteiger partial charge in [0.25, 0.3) is 0 Å². The van der Waals surface area contributed by atoms with Gasteiger partial charge in [0, 0.05) is 98.4 Å². The zero-order valence-corrected chi connectivity index (χ0v) is 72.3. The van der Waals surface area contributed by atoms with Crippen LogP contribution < -0.4 is 0 Å². The van der Waals surface area contributed by atoms with Gasteiger partial charge in [-0.1, -0.05) is 364 Å². The number of rotatable bonds is 9. The molecule has 0 unspecified atom stereocenters. The Bertz CT molecular complexity index is 9880. The molecular weight excluding hydrogens is 1630 g/mol. The van der Waals surface area contributed by atoms with E-state index < -0.39 is 0 Å². The molecule has 0 saturated heterocycles. The number of hydrogen-bond donors (Lipinski definition) is 0. The maximum Gasteiger partial charge on any atom is 0.146 e. The number of benzene rings is 23. The highest BCUT2D eigenvalue weighted by Gasteiger charge is 2.27. The zero-order valence-electron chi connectivity index (χ0n) is 72.3. The molecule has 134 heavy (non-hydrogen) atoms. The number of para-hydroxylation sites is 3. The summed E-state index contributed by atoms with van der Waals surface area (Å²) < 4.78 is 25.5. The summed E-state index contributed by atoms with van der Waals surface area (Å²) in [4.78, 5) is 16.3. The second kappa shape index (κ2) is 30.9.